The van der Waals surface area contributed by atoms with Crippen molar-refractivity contribution in [2.24, 2.45) is 4.99 Å². The number of aliphatic hydroxyl groups is 1. The number of nitrogens with one attached hydrogen (secondary N) is 2. The third-order valence-corrected chi connectivity index (χ3v) is 8.29. The van der Waals surface area contributed by atoms with Gasteiger partial charge in [-0.15, -0.1) is 21.5 Å². The SMILES string of the molecule is Cc1sc2c(c1C)C(c1ccc(Cl)cc1)=N[C@@H](CC(=O)Nc1ccc(C#CCNC(=O)O)c(CO)c1)c1nnc(C)n1-2. The number of aromatic nitrogens is 3. The highest BCUT2D eigenvalue weighted by Gasteiger charge is 2.32. The van der Waals surface area contributed by atoms with Gasteiger partial charge in [-0.2, -0.15) is 0 Å². The minimum atomic E-state index is -1.17. The molecule has 0 bridgehead atoms. The summed E-state index contributed by atoms with van der Waals surface area (Å²) in [5.74, 6) is 6.51. The van der Waals surface area contributed by atoms with Crippen molar-refractivity contribution < 1.29 is 19.8 Å². The summed E-state index contributed by atoms with van der Waals surface area (Å²) < 4.78 is 1.99. The largest absolute Gasteiger partial charge is 0.465 e. The summed E-state index contributed by atoms with van der Waals surface area (Å²) in [6, 6.07) is 11.8. The number of benzene rings is 2. The molecule has 1 atom stereocenters. The number of aliphatic hydroxyl groups excluding tert-OH is 1. The van der Waals surface area contributed by atoms with Crippen LogP contribution in [0.2, 0.25) is 5.02 Å². The van der Waals surface area contributed by atoms with Crippen molar-refractivity contribution in [3.63, 3.8) is 0 Å². The molecule has 0 fully saturated rings. The molecule has 0 saturated heterocycles. The van der Waals surface area contributed by atoms with E-state index in [1.165, 1.54) is 0 Å². The van der Waals surface area contributed by atoms with E-state index in [0.29, 0.717) is 33.5 Å². The van der Waals surface area contributed by atoms with Gasteiger partial charge in [0.05, 0.1) is 25.3 Å². The molecule has 0 saturated carbocycles. The molecule has 0 spiro atoms. The molecule has 1 aliphatic rings. The number of rotatable bonds is 6. The van der Waals surface area contributed by atoms with Gasteiger partial charge >= 0.3 is 6.09 Å². The summed E-state index contributed by atoms with van der Waals surface area (Å²) in [5, 5.41) is 33.9. The first kappa shape index (κ1) is 29.0. The minimum absolute atomic E-state index is 0.000926. The summed E-state index contributed by atoms with van der Waals surface area (Å²) in [6.07, 6.45) is -1.17. The fourth-order valence-corrected chi connectivity index (χ4v) is 6.04. The highest BCUT2D eigenvalue weighted by Crippen LogP contribution is 2.39. The van der Waals surface area contributed by atoms with E-state index in [9.17, 15) is 14.7 Å². The molecule has 0 aliphatic carbocycles. The number of aliphatic imine (C=N–C) groups is 1. The third kappa shape index (κ3) is 5.92. The van der Waals surface area contributed by atoms with E-state index in [-0.39, 0.29) is 25.5 Å². The number of nitrogens with zero attached hydrogens (tertiary/aromatic N) is 4. The van der Waals surface area contributed by atoms with Crippen molar-refractivity contribution in [1.29, 1.82) is 0 Å². The molecular weight excluding hydrogens is 576 g/mol. The van der Waals surface area contributed by atoms with Crippen molar-refractivity contribution in [3.05, 3.63) is 91.8 Å². The average Bonchev–Trinajstić information content (AvgIpc) is 3.43. The number of carboxylic acid groups (broad SMARTS) is 1. The molecule has 2 aromatic carbocycles. The zero-order valence-corrected chi connectivity index (χ0v) is 24.6. The van der Waals surface area contributed by atoms with Crippen LogP contribution in [0.25, 0.3) is 5.00 Å². The van der Waals surface area contributed by atoms with Crippen LogP contribution in [0.5, 0.6) is 0 Å². The Morgan fingerprint density at radius 3 is 2.60 bits per heavy atom. The van der Waals surface area contributed by atoms with E-state index in [1.54, 1.807) is 29.5 Å². The van der Waals surface area contributed by atoms with Crippen LogP contribution in [0.3, 0.4) is 0 Å². The highest BCUT2D eigenvalue weighted by molar-refractivity contribution is 7.15. The summed E-state index contributed by atoms with van der Waals surface area (Å²) in [5.41, 5.74) is 5.24. The van der Waals surface area contributed by atoms with Crippen molar-refractivity contribution in [2.45, 2.75) is 39.8 Å². The van der Waals surface area contributed by atoms with Gasteiger partial charge in [-0.3, -0.25) is 14.4 Å². The molecule has 12 heteroatoms. The third-order valence-electron chi connectivity index (χ3n) is 6.85. The first-order valence-corrected chi connectivity index (χ1v) is 14.2. The van der Waals surface area contributed by atoms with Gasteiger partial charge < -0.3 is 20.8 Å². The number of carbonyl (C=O) groups is 2. The number of thiophene rings is 1. The Morgan fingerprint density at radius 1 is 1.12 bits per heavy atom. The lowest BCUT2D eigenvalue weighted by Gasteiger charge is -2.14. The number of fused-ring (bicyclic) bond motifs is 3. The second kappa shape index (κ2) is 12.2. The van der Waals surface area contributed by atoms with Gasteiger partial charge in [0.1, 0.15) is 16.9 Å². The lowest BCUT2D eigenvalue weighted by Crippen LogP contribution is -2.20. The van der Waals surface area contributed by atoms with Gasteiger partial charge in [0.2, 0.25) is 5.91 Å². The number of anilines is 1. The van der Waals surface area contributed by atoms with E-state index in [1.807, 2.05) is 35.8 Å². The number of aryl methyl sites for hydroxylation is 2. The predicted octanol–water partition coefficient (Wildman–Crippen LogP) is 4.94. The maximum atomic E-state index is 13.4. The zero-order valence-electron chi connectivity index (χ0n) is 23.0. The highest BCUT2D eigenvalue weighted by atomic mass is 35.5. The topological polar surface area (TPSA) is 142 Å². The number of halogens is 1. The quantitative estimate of drug-likeness (QED) is 0.230. The standard InChI is InChI=1S/C30H27ClN6O4S/c1-16-17(2)42-29-26(16)27(20-6-9-22(31)10-7-20)34-24(28-36-35-18(3)37(28)29)14-25(39)33-23-11-8-19(21(13-23)15-38)5-4-12-32-30(40)41/h6-11,13,24,32,38H,12,14-15H2,1-3H3,(H,33,39)(H,40,41)/t24-/m0/s1. The van der Waals surface area contributed by atoms with Crippen molar-refractivity contribution >= 4 is 46.3 Å². The second-order valence-electron chi connectivity index (χ2n) is 9.65. The van der Waals surface area contributed by atoms with Crippen LogP contribution < -0.4 is 10.6 Å². The van der Waals surface area contributed by atoms with Gasteiger partial charge in [-0.1, -0.05) is 35.6 Å². The fourth-order valence-electron chi connectivity index (χ4n) is 4.70. The minimum Gasteiger partial charge on any atom is -0.465 e. The Bertz CT molecular complexity index is 1780. The Balaban J connectivity index is 1.46. The molecule has 4 aromatic rings. The van der Waals surface area contributed by atoms with E-state index in [0.717, 1.165) is 32.3 Å². The van der Waals surface area contributed by atoms with Crippen LogP contribution >= 0.6 is 22.9 Å². The second-order valence-corrected chi connectivity index (χ2v) is 11.3. The zero-order chi connectivity index (χ0) is 30.0. The molecule has 3 heterocycles. The maximum Gasteiger partial charge on any atom is 0.405 e. The molecular formula is C30H27ClN6O4S. The number of hydrogen-bond acceptors (Lipinski definition) is 7. The first-order valence-electron chi connectivity index (χ1n) is 13.0. The molecule has 1 aliphatic heterocycles. The first-order chi connectivity index (χ1) is 20.2. The van der Waals surface area contributed by atoms with Crippen molar-refractivity contribution in [1.82, 2.24) is 20.1 Å². The van der Waals surface area contributed by atoms with Crippen molar-refractivity contribution in [3.8, 4) is 16.8 Å². The van der Waals surface area contributed by atoms with Crippen LogP contribution in [-0.2, 0) is 11.4 Å². The number of amides is 2. The summed E-state index contributed by atoms with van der Waals surface area (Å²) in [4.78, 5) is 30.3. The molecule has 5 rings (SSSR count). The van der Waals surface area contributed by atoms with Gasteiger partial charge in [-0.05, 0) is 62.2 Å². The van der Waals surface area contributed by atoms with Crippen LogP contribution in [0.1, 0.15) is 56.8 Å². The van der Waals surface area contributed by atoms with Crippen LogP contribution in [0.15, 0.2) is 47.5 Å². The fraction of sp³-hybridized carbons (Fsp3) is 0.233. The lowest BCUT2D eigenvalue weighted by atomic mass is 9.99. The summed E-state index contributed by atoms with van der Waals surface area (Å²) >= 11 is 7.82. The van der Waals surface area contributed by atoms with Crippen LogP contribution in [-0.4, -0.2) is 49.2 Å². The van der Waals surface area contributed by atoms with Crippen molar-refractivity contribution in [2.75, 3.05) is 11.9 Å². The van der Waals surface area contributed by atoms with E-state index < -0.39 is 12.1 Å². The Labute approximate surface area is 251 Å². The molecule has 2 aromatic heterocycles. The average molecular weight is 603 g/mol. The molecule has 10 nitrogen and oxygen atoms in total. The van der Waals surface area contributed by atoms with Gasteiger partial charge in [0.25, 0.3) is 0 Å². The maximum absolute atomic E-state index is 13.4. The molecule has 0 radical (unpaired) electrons. The van der Waals surface area contributed by atoms with E-state index >= 15 is 0 Å². The molecule has 214 valence electrons. The van der Waals surface area contributed by atoms with Gasteiger partial charge in [-0.25, -0.2) is 4.79 Å². The Morgan fingerprint density at radius 2 is 1.88 bits per heavy atom. The molecule has 0 unspecified atom stereocenters. The van der Waals surface area contributed by atoms with Gasteiger partial charge in [0, 0.05) is 32.3 Å². The number of hydrogen-bond donors (Lipinski definition) is 4. The molecule has 2 amide bonds. The van der Waals surface area contributed by atoms with E-state index in [2.05, 4.69) is 46.5 Å². The van der Waals surface area contributed by atoms with Gasteiger partial charge in [0.15, 0.2) is 5.82 Å². The summed E-state index contributed by atoms with van der Waals surface area (Å²) in [6.45, 7) is 5.67. The van der Waals surface area contributed by atoms with Crippen LogP contribution in [0.4, 0.5) is 10.5 Å². The van der Waals surface area contributed by atoms with Crippen LogP contribution in [0, 0.1) is 32.6 Å². The summed E-state index contributed by atoms with van der Waals surface area (Å²) in [7, 11) is 0. The molecule has 42 heavy (non-hydrogen) atoms. The normalized spacial score (nSPS) is 13.6. The predicted molar refractivity (Wildman–Crippen MR) is 162 cm³/mol. The Kier molecular flexibility index (Phi) is 8.40. The smallest absolute Gasteiger partial charge is 0.405 e. The Hall–Kier alpha value is -4.50. The lowest BCUT2D eigenvalue weighted by molar-refractivity contribution is -0.116. The monoisotopic (exact) mass is 602 g/mol. The number of carbonyl (C=O) groups excluding carboxylic acids is 1. The van der Waals surface area contributed by atoms with E-state index in [4.69, 9.17) is 21.7 Å². The molecule has 4 N–H and O–H groups in total.